The van der Waals surface area contributed by atoms with Gasteiger partial charge in [0.25, 0.3) is 0 Å². The van der Waals surface area contributed by atoms with Crippen LogP contribution in [0.25, 0.3) is 0 Å². The third-order valence-electron chi connectivity index (χ3n) is 4.67. The quantitative estimate of drug-likeness (QED) is 0.743. The van der Waals surface area contributed by atoms with Gasteiger partial charge in [-0.1, -0.05) is 50.5 Å². The molecule has 1 aliphatic rings. The van der Waals surface area contributed by atoms with E-state index in [4.69, 9.17) is 0 Å². The molecule has 1 aromatic rings. The SMILES string of the molecule is CCCCCC(C)NC(=O)CN(C)C1CCc2ccccc21. The van der Waals surface area contributed by atoms with Gasteiger partial charge >= 0.3 is 0 Å². The van der Waals surface area contributed by atoms with Gasteiger partial charge in [-0.25, -0.2) is 0 Å². The first-order chi connectivity index (χ1) is 10.6. The van der Waals surface area contributed by atoms with Crippen LogP contribution in [-0.4, -0.2) is 30.4 Å². The molecule has 0 spiro atoms. The first-order valence-electron chi connectivity index (χ1n) is 8.69. The lowest BCUT2D eigenvalue weighted by Crippen LogP contribution is -2.40. The van der Waals surface area contributed by atoms with Crippen LogP contribution in [0.2, 0.25) is 0 Å². The van der Waals surface area contributed by atoms with E-state index in [2.05, 4.69) is 55.4 Å². The summed E-state index contributed by atoms with van der Waals surface area (Å²) in [6, 6.07) is 9.28. The number of likely N-dealkylation sites (N-methyl/N-ethyl adjacent to an activating group) is 1. The minimum atomic E-state index is 0.149. The van der Waals surface area contributed by atoms with Crippen LogP contribution >= 0.6 is 0 Å². The minimum absolute atomic E-state index is 0.149. The first kappa shape index (κ1) is 17.0. The van der Waals surface area contributed by atoms with Crippen molar-refractivity contribution in [2.45, 2.75) is 64.5 Å². The largest absolute Gasteiger partial charge is 0.353 e. The highest BCUT2D eigenvalue weighted by Gasteiger charge is 2.26. The second kappa shape index (κ2) is 8.33. The Labute approximate surface area is 135 Å². The fourth-order valence-corrected chi connectivity index (χ4v) is 3.42. The van der Waals surface area contributed by atoms with Crippen molar-refractivity contribution in [3.63, 3.8) is 0 Å². The Bertz CT molecular complexity index is 486. The van der Waals surface area contributed by atoms with Crippen LogP contribution in [0.3, 0.4) is 0 Å². The molecule has 0 bridgehead atoms. The molecule has 3 heteroatoms. The molecule has 22 heavy (non-hydrogen) atoms. The molecule has 1 aromatic carbocycles. The molecule has 1 N–H and O–H groups in total. The lowest BCUT2D eigenvalue weighted by molar-refractivity contribution is -0.123. The van der Waals surface area contributed by atoms with E-state index in [1.165, 1.54) is 30.4 Å². The highest BCUT2D eigenvalue weighted by atomic mass is 16.2. The van der Waals surface area contributed by atoms with Crippen molar-refractivity contribution in [3.05, 3.63) is 35.4 Å². The molecule has 2 atom stereocenters. The lowest BCUT2D eigenvalue weighted by Gasteiger charge is -2.25. The number of hydrogen-bond acceptors (Lipinski definition) is 2. The van der Waals surface area contributed by atoms with E-state index in [1.54, 1.807) is 0 Å². The van der Waals surface area contributed by atoms with Gasteiger partial charge in [-0.15, -0.1) is 0 Å². The van der Waals surface area contributed by atoms with E-state index in [9.17, 15) is 4.79 Å². The fraction of sp³-hybridized carbons (Fsp3) is 0.632. The molecule has 0 heterocycles. The molecular weight excluding hydrogens is 272 g/mol. The number of carbonyl (C=O) groups excluding carboxylic acids is 1. The monoisotopic (exact) mass is 302 g/mol. The van der Waals surface area contributed by atoms with Gasteiger partial charge in [0.15, 0.2) is 0 Å². The number of amides is 1. The number of benzene rings is 1. The Balaban J connectivity index is 1.80. The summed E-state index contributed by atoms with van der Waals surface area (Å²) in [6.45, 7) is 4.80. The maximum Gasteiger partial charge on any atom is 0.234 e. The number of fused-ring (bicyclic) bond motifs is 1. The molecule has 2 unspecified atom stereocenters. The molecule has 1 amide bonds. The standard InChI is InChI=1S/C19H30N2O/c1-4-5-6-9-15(2)20-19(22)14-21(3)18-13-12-16-10-7-8-11-17(16)18/h7-8,10-11,15,18H,4-6,9,12-14H2,1-3H3,(H,20,22). The number of hydrogen-bond donors (Lipinski definition) is 1. The third-order valence-corrected chi connectivity index (χ3v) is 4.67. The molecular formula is C19H30N2O. The third kappa shape index (κ3) is 4.57. The van der Waals surface area contributed by atoms with Crippen molar-refractivity contribution in [2.24, 2.45) is 0 Å². The van der Waals surface area contributed by atoms with Crippen LogP contribution in [0.4, 0.5) is 0 Å². The smallest absolute Gasteiger partial charge is 0.234 e. The lowest BCUT2D eigenvalue weighted by atomic mass is 10.1. The number of carbonyl (C=O) groups is 1. The fourth-order valence-electron chi connectivity index (χ4n) is 3.42. The molecule has 2 rings (SSSR count). The van der Waals surface area contributed by atoms with Crippen LogP contribution in [-0.2, 0) is 11.2 Å². The average molecular weight is 302 g/mol. The molecule has 3 nitrogen and oxygen atoms in total. The highest BCUT2D eigenvalue weighted by Crippen LogP contribution is 2.34. The number of nitrogens with one attached hydrogen (secondary N) is 1. The summed E-state index contributed by atoms with van der Waals surface area (Å²) in [5.74, 6) is 0.149. The van der Waals surface area contributed by atoms with Crippen LogP contribution in [0.15, 0.2) is 24.3 Å². The molecule has 0 fully saturated rings. The maximum absolute atomic E-state index is 12.2. The predicted octanol–water partition coefficient (Wildman–Crippen LogP) is 3.69. The zero-order valence-electron chi connectivity index (χ0n) is 14.3. The van der Waals surface area contributed by atoms with Crippen molar-refractivity contribution < 1.29 is 4.79 Å². The molecule has 0 aromatic heterocycles. The van der Waals surface area contributed by atoms with Gasteiger partial charge in [0, 0.05) is 12.1 Å². The van der Waals surface area contributed by atoms with Gasteiger partial charge in [-0.2, -0.15) is 0 Å². The van der Waals surface area contributed by atoms with Gasteiger partial charge in [-0.3, -0.25) is 9.69 Å². The summed E-state index contributed by atoms with van der Waals surface area (Å²) in [5, 5.41) is 3.14. The molecule has 0 radical (unpaired) electrons. The summed E-state index contributed by atoms with van der Waals surface area (Å²) in [6.07, 6.45) is 7.00. The molecule has 0 saturated heterocycles. The Hall–Kier alpha value is -1.35. The Morgan fingerprint density at radius 1 is 1.36 bits per heavy atom. The Morgan fingerprint density at radius 2 is 2.14 bits per heavy atom. The number of unbranched alkanes of at least 4 members (excludes halogenated alkanes) is 2. The van der Waals surface area contributed by atoms with Crippen molar-refractivity contribution in [1.82, 2.24) is 10.2 Å². The van der Waals surface area contributed by atoms with Gasteiger partial charge in [-0.05, 0) is 44.4 Å². The summed E-state index contributed by atoms with van der Waals surface area (Å²) >= 11 is 0. The number of rotatable bonds is 8. The Kier molecular flexibility index (Phi) is 6.44. The molecule has 0 aliphatic heterocycles. The van der Waals surface area contributed by atoms with E-state index in [1.807, 2.05) is 0 Å². The average Bonchev–Trinajstić information content (AvgIpc) is 2.91. The summed E-state index contributed by atoms with van der Waals surface area (Å²) in [7, 11) is 2.06. The zero-order valence-corrected chi connectivity index (χ0v) is 14.3. The number of nitrogens with zero attached hydrogens (tertiary/aromatic N) is 1. The van der Waals surface area contributed by atoms with Crippen LogP contribution in [0, 0.1) is 0 Å². The normalized spacial score (nSPS) is 18.3. The van der Waals surface area contributed by atoms with Crippen molar-refractivity contribution in [1.29, 1.82) is 0 Å². The summed E-state index contributed by atoms with van der Waals surface area (Å²) in [5.41, 5.74) is 2.83. The maximum atomic E-state index is 12.2. The van der Waals surface area contributed by atoms with E-state index < -0.39 is 0 Å². The molecule has 0 saturated carbocycles. The summed E-state index contributed by atoms with van der Waals surface area (Å²) in [4.78, 5) is 14.4. The number of aryl methyl sites for hydroxylation is 1. The topological polar surface area (TPSA) is 32.3 Å². The zero-order chi connectivity index (χ0) is 15.9. The van der Waals surface area contributed by atoms with E-state index >= 15 is 0 Å². The van der Waals surface area contributed by atoms with Crippen molar-refractivity contribution in [3.8, 4) is 0 Å². The molecule has 1 aliphatic carbocycles. The van der Waals surface area contributed by atoms with E-state index in [-0.39, 0.29) is 11.9 Å². The predicted molar refractivity (Wildman–Crippen MR) is 91.9 cm³/mol. The highest BCUT2D eigenvalue weighted by molar-refractivity contribution is 5.78. The van der Waals surface area contributed by atoms with Crippen LogP contribution < -0.4 is 5.32 Å². The minimum Gasteiger partial charge on any atom is -0.353 e. The van der Waals surface area contributed by atoms with Gasteiger partial charge in [0.05, 0.1) is 6.54 Å². The molecule has 122 valence electrons. The second-order valence-corrected chi connectivity index (χ2v) is 6.63. The van der Waals surface area contributed by atoms with E-state index in [0.29, 0.717) is 12.6 Å². The van der Waals surface area contributed by atoms with Crippen LogP contribution in [0.1, 0.15) is 63.1 Å². The van der Waals surface area contributed by atoms with Gasteiger partial charge in [0.1, 0.15) is 0 Å². The second-order valence-electron chi connectivity index (χ2n) is 6.63. The van der Waals surface area contributed by atoms with Gasteiger partial charge in [0.2, 0.25) is 5.91 Å². The Morgan fingerprint density at radius 3 is 2.91 bits per heavy atom. The summed E-state index contributed by atoms with van der Waals surface area (Å²) < 4.78 is 0. The van der Waals surface area contributed by atoms with Gasteiger partial charge < -0.3 is 5.32 Å². The first-order valence-corrected chi connectivity index (χ1v) is 8.69. The van der Waals surface area contributed by atoms with E-state index in [0.717, 1.165) is 19.3 Å². The van der Waals surface area contributed by atoms with Crippen molar-refractivity contribution >= 4 is 5.91 Å². The van der Waals surface area contributed by atoms with Crippen molar-refractivity contribution in [2.75, 3.05) is 13.6 Å². The van der Waals surface area contributed by atoms with Crippen LogP contribution in [0.5, 0.6) is 0 Å².